The van der Waals surface area contributed by atoms with Crippen LogP contribution >= 0.6 is 0 Å². The number of para-hydroxylation sites is 1. The Morgan fingerprint density at radius 2 is 1.81 bits per heavy atom. The average Bonchev–Trinajstić information content (AvgIpc) is 2.64. The lowest BCUT2D eigenvalue weighted by Crippen LogP contribution is -2.15. The minimum atomic E-state index is -0.369. The highest BCUT2D eigenvalue weighted by Crippen LogP contribution is 2.29. The summed E-state index contributed by atoms with van der Waals surface area (Å²) in [5.74, 6) is 0.0200. The summed E-state index contributed by atoms with van der Waals surface area (Å²) < 4.78 is 19.1. The molecule has 6 heteroatoms. The Labute approximate surface area is 156 Å². The molecule has 0 aliphatic rings. The van der Waals surface area contributed by atoms with Crippen LogP contribution in [0, 0.1) is 18.2 Å². The van der Waals surface area contributed by atoms with Crippen LogP contribution in [-0.2, 0) is 0 Å². The number of anilines is 1. The molecule has 0 heterocycles. The summed E-state index contributed by atoms with van der Waals surface area (Å²) in [6, 6.07) is 17.7. The van der Waals surface area contributed by atoms with Crippen molar-refractivity contribution in [3.8, 4) is 11.5 Å². The number of aryl methyl sites for hydroxylation is 1. The Hall–Kier alpha value is -3.67. The van der Waals surface area contributed by atoms with Gasteiger partial charge in [0.2, 0.25) is 0 Å². The van der Waals surface area contributed by atoms with Gasteiger partial charge in [0.1, 0.15) is 23.2 Å². The van der Waals surface area contributed by atoms with Gasteiger partial charge < -0.3 is 15.8 Å². The van der Waals surface area contributed by atoms with Gasteiger partial charge in [-0.15, -0.1) is 0 Å². The van der Waals surface area contributed by atoms with Crippen LogP contribution in [0.5, 0.6) is 11.5 Å². The molecule has 0 radical (unpaired) electrons. The largest absolute Gasteiger partial charge is 0.456 e. The molecular formula is C21H18FN3O2. The third-order valence-corrected chi connectivity index (χ3v) is 3.92. The summed E-state index contributed by atoms with van der Waals surface area (Å²) >= 11 is 0. The Bertz CT molecular complexity index is 1020. The zero-order valence-electron chi connectivity index (χ0n) is 14.6. The first-order valence-corrected chi connectivity index (χ1v) is 8.23. The van der Waals surface area contributed by atoms with Crippen LogP contribution in [-0.4, -0.2) is 11.7 Å². The van der Waals surface area contributed by atoms with Gasteiger partial charge in [-0.05, 0) is 55.0 Å². The molecular weight excluding hydrogens is 345 g/mol. The van der Waals surface area contributed by atoms with Crippen LogP contribution in [0.2, 0.25) is 0 Å². The van der Waals surface area contributed by atoms with Gasteiger partial charge in [-0.2, -0.15) is 0 Å². The first kappa shape index (κ1) is 18.1. The fourth-order valence-corrected chi connectivity index (χ4v) is 2.55. The van der Waals surface area contributed by atoms with Crippen LogP contribution in [0.25, 0.3) is 0 Å². The van der Waals surface area contributed by atoms with E-state index in [9.17, 15) is 9.18 Å². The summed E-state index contributed by atoms with van der Waals surface area (Å²) in [7, 11) is 0. The Morgan fingerprint density at radius 3 is 2.56 bits per heavy atom. The van der Waals surface area contributed by atoms with Crippen LogP contribution in [0.3, 0.4) is 0 Å². The third kappa shape index (κ3) is 4.30. The molecule has 0 unspecified atom stereocenters. The standard InChI is InChI=1S/C21H18FN3O2/c1-13-11-15(22)9-10-18(13)27-19-8-3-2-7-17(19)21(26)25-16-6-4-5-14(12-16)20(23)24/h2-12H,1H3,(H3,23,24)(H,25,26). The van der Waals surface area contributed by atoms with E-state index in [4.69, 9.17) is 15.9 Å². The second-order valence-corrected chi connectivity index (χ2v) is 5.96. The smallest absolute Gasteiger partial charge is 0.259 e. The van der Waals surface area contributed by atoms with E-state index in [1.54, 1.807) is 55.5 Å². The number of amidine groups is 1. The van der Waals surface area contributed by atoms with Crippen LogP contribution in [0.15, 0.2) is 66.7 Å². The van der Waals surface area contributed by atoms with Gasteiger partial charge in [0.25, 0.3) is 5.91 Å². The van der Waals surface area contributed by atoms with Gasteiger partial charge in [0, 0.05) is 11.3 Å². The fourth-order valence-electron chi connectivity index (χ4n) is 2.55. The van der Waals surface area contributed by atoms with Crippen molar-refractivity contribution in [3.05, 3.63) is 89.2 Å². The average molecular weight is 363 g/mol. The summed E-state index contributed by atoms with van der Waals surface area (Å²) in [6.45, 7) is 1.73. The molecule has 3 rings (SSSR count). The summed E-state index contributed by atoms with van der Waals surface area (Å²) in [6.07, 6.45) is 0. The number of nitrogen functional groups attached to an aromatic ring is 1. The minimum Gasteiger partial charge on any atom is -0.456 e. The molecule has 0 aromatic heterocycles. The van der Waals surface area contributed by atoms with Gasteiger partial charge in [-0.3, -0.25) is 10.2 Å². The van der Waals surface area contributed by atoms with Gasteiger partial charge in [-0.25, -0.2) is 4.39 Å². The highest BCUT2D eigenvalue weighted by atomic mass is 19.1. The van der Waals surface area contributed by atoms with E-state index in [1.165, 1.54) is 18.2 Å². The Kier molecular flexibility index (Phi) is 5.17. The lowest BCUT2D eigenvalue weighted by Gasteiger charge is -2.13. The molecule has 0 aliphatic heterocycles. The van der Waals surface area contributed by atoms with E-state index in [-0.39, 0.29) is 17.6 Å². The van der Waals surface area contributed by atoms with E-state index in [2.05, 4.69) is 5.32 Å². The van der Waals surface area contributed by atoms with E-state index < -0.39 is 0 Å². The van der Waals surface area contributed by atoms with Gasteiger partial charge >= 0.3 is 0 Å². The van der Waals surface area contributed by atoms with Crippen molar-refractivity contribution in [3.63, 3.8) is 0 Å². The number of benzene rings is 3. The third-order valence-electron chi connectivity index (χ3n) is 3.92. The molecule has 0 spiro atoms. The maximum atomic E-state index is 13.3. The number of carbonyl (C=O) groups excluding carboxylic acids is 1. The maximum Gasteiger partial charge on any atom is 0.259 e. The lowest BCUT2D eigenvalue weighted by atomic mass is 10.1. The maximum absolute atomic E-state index is 13.3. The predicted octanol–water partition coefficient (Wildman–Crippen LogP) is 4.46. The Morgan fingerprint density at radius 1 is 1.04 bits per heavy atom. The topological polar surface area (TPSA) is 88.2 Å². The first-order chi connectivity index (χ1) is 12.9. The van der Waals surface area contributed by atoms with E-state index >= 15 is 0 Å². The fraction of sp³-hybridized carbons (Fsp3) is 0.0476. The molecule has 0 saturated heterocycles. The van der Waals surface area contributed by atoms with Gasteiger partial charge in [0.05, 0.1) is 5.56 Å². The van der Waals surface area contributed by atoms with Gasteiger partial charge in [-0.1, -0.05) is 24.3 Å². The predicted molar refractivity (Wildman–Crippen MR) is 103 cm³/mol. The lowest BCUT2D eigenvalue weighted by molar-refractivity contribution is 0.102. The molecule has 4 N–H and O–H groups in total. The molecule has 0 saturated carbocycles. The molecule has 0 fully saturated rings. The van der Waals surface area contributed by atoms with Crippen molar-refractivity contribution in [2.45, 2.75) is 6.92 Å². The summed E-state index contributed by atoms with van der Waals surface area (Å²) in [5.41, 5.74) is 7.46. The number of hydrogen-bond acceptors (Lipinski definition) is 3. The number of amides is 1. The minimum absolute atomic E-state index is 0.0818. The summed E-state index contributed by atoms with van der Waals surface area (Å²) in [5, 5.41) is 10.3. The highest BCUT2D eigenvalue weighted by molar-refractivity contribution is 6.07. The number of carbonyl (C=O) groups is 1. The highest BCUT2D eigenvalue weighted by Gasteiger charge is 2.14. The number of halogens is 1. The molecule has 0 aliphatic carbocycles. The van der Waals surface area contributed by atoms with E-state index in [0.717, 1.165) is 0 Å². The number of hydrogen-bond donors (Lipinski definition) is 3. The molecule has 1 amide bonds. The van der Waals surface area contributed by atoms with Crippen molar-refractivity contribution in [1.82, 2.24) is 0 Å². The van der Waals surface area contributed by atoms with Crippen molar-refractivity contribution in [1.29, 1.82) is 5.41 Å². The Balaban J connectivity index is 1.86. The molecule has 3 aromatic carbocycles. The number of rotatable bonds is 5. The quantitative estimate of drug-likeness (QED) is 0.462. The van der Waals surface area contributed by atoms with Crippen molar-refractivity contribution in [2.24, 2.45) is 5.73 Å². The molecule has 3 aromatic rings. The van der Waals surface area contributed by atoms with Gasteiger partial charge in [0.15, 0.2) is 0 Å². The number of nitrogens with one attached hydrogen (secondary N) is 2. The van der Waals surface area contributed by atoms with Crippen LogP contribution < -0.4 is 15.8 Å². The monoisotopic (exact) mass is 363 g/mol. The zero-order valence-corrected chi connectivity index (χ0v) is 14.6. The zero-order chi connectivity index (χ0) is 19.4. The molecule has 0 bridgehead atoms. The van der Waals surface area contributed by atoms with Crippen LogP contribution in [0.4, 0.5) is 10.1 Å². The molecule has 136 valence electrons. The normalized spacial score (nSPS) is 10.3. The van der Waals surface area contributed by atoms with Crippen molar-refractivity contribution >= 4 is 17.4 Å². The molecule has 0 atom stereocenters. The number of ether oxygens (including phenoxy) is 1. The van der Waals surface area contributed by atoms with Crippen molar-refractivity contribution in [2.75, 3.05) is 5.32 Å². The molecule has 5 nitrogen and oxygen atoms in total. The van der Waals surface area contributed by atoms with Crippen LogP contribution in [0.1, 0.15) is 21.5 Å². The molecule has 27 heavy (non-hydrogen) atoms. The second kappa shape index (κ2) is 7.70. The SMILES string of the molecule is Cc1cc(F)ccc1Oc1ccccc1C(=O)Nc1cccc(C(=N)N)c1. The summed E-state index contributed by atoms with van der Waals surface area (Å²) in [4.78, 5) is 12.7. The van der Waals surface area contributed by atoms with E-state index in [1.807, 2.05) is 0 Å². The number of nitrogens with two attached hydrogens (primary N) is 1. The first-order valence-electron chi connectivity index (χ1n) is 8.23. The van der Waals surface area contributed by atoms with E-state index in [0.29, 0.717) is 33.9 Å². The second-order valence-electron chi connectivity index (χ2n) is 5.96. The van der Waals surface area contributed by atoms with Crippen molar-refractivity contribution < 1.29 is 13.9 Å².